The standard InChI is InChI=1S/C14H14N2O3S/c1-16(12-9-7-11(8-10-12)14(15)17)20(18,19)13-5-3-2-4-6-13/h2-10H,1H3,(H2,15,17). The maximum absolute atomic E-state index is 12.4. The predicted molar refractivity (Wildman–Crippen MR) is 77.0 cm³/mol. The van der Waals surface area contributed by atoms with Gasteiger partial charge in [-0.25, -0.2) is 8.42 Å². The number of nitrogens with zero attached hydrogens (tertiary/aromatic N) is 1. The third kappa shape index (κ3) is 2.65. The lowest BCUT2D eigenvalue weighted by Crippen LogP contribution is -2.26. The fourth-order valence-corrected chi connectivity index (χ4v) is 2.94. The van der Waals surface area contributed by atoms with E-state index >= 15 is 0 Å². The van der Waals surface area contributed by atoms with Crippen LogP contribution in [0.25, 0.3) is 0 Å². The number of carbonyl (C=O) groups excluding carboxylic acids is 1. The molecule has 0 aliphatic carbocycles. The zero-order valence-corrected chi connectivity index (χ0v) is 11.7. The number of rotatable bonds is 4. The van der Waals surface area contributed by atoms with Crippen LogP contribution < -0.4 is 10.0 Å². The number of nitrogens with two attached hydrogens (primary N) is 1. The van der Waals surface area contributed by atoms with E-state index in [9.17, 15) is 13.2 Å². The Kier molecular flexibility index (Phi) is 3.76. The molecule has 0 fully saturated rings. The molecule has 0 radical (unpaired) electrons. The largest absolute Gasteiger partial charge is 0.366 e. The van der Waals surface area contributed by atoms with Crippen molar-refractivity contribution in [2.45, 2.75) is 4.90 Å². The van der Waals surface area contributed by atoms with Crippen LogP contribution in [0, 0.1) is 0 Å². The minimum absolute atomic E-state index is 0.210. The molecule has 0 aromatic heterocycles. The molecule has 2 aromatic rings. The van der Waals surface area contributed by atoms with Gasteiger partial charge in [-0.2, -0.15) is 0 Å². The summed E-state index contributed by atoms with van der Waals surface area (Å²) in [6.07, 6.45) is 0. The molecule has 104 valence electrons. The van der Waals surface area contributed by atoms with Gasteiger partial charge < -0.3 is 5.73 Å². The van der Waals surface area contributed by atoms with Crippen molar-refractivity contribution < 1.29 is 13.2 Å². The van der Waals surface area contributed by atoms with E-state index in [1.54, 1.807) is 30.3 Å². The zero-order valence-electron chi connectivity index (χ0n) is 10.9. The fraction of sp³-hybridized carbons (Fsp3) is 0.0714. The van der Waals surface area contributed by atoms with Gasteiger partial charge in [-0.1, -0.05) is 18.2 Å². The number of amides is 1. The molecule has 0 bridgehead atoms. The van der Waals surface area contributed by atoms with Gasteiger partial charge in [0.05, 0.1) is 10.6 Å². The highest BCUT2D eigenvalue weighted by atomic mass is 32.2. The van der Waals surface area contributed by atoms with Crippen LogP contribution in [0.15, 0.2) is 59.5 Å². The highest BCUT2D eigenvalue weighted by Crippen LogP contribution is 2.22. The molecule has 20 heavy (non-hydrogen) atoms. The molecule has 2 N–H and O–H groups in total. The Hall–Kier alpha value is -2.34. The van der Waals surface area contributed by atoms with Gasteiger partial charge in [0.25, 0.3) is 10.0 Å². The Balaban J connectivity index is 2.36. The smallest absolute Gasteiger partial charge is 0.264 e. The molecule has 0 saturated heterocycles. The van der Waals surface area contributed by atoms with Crippen LogP contribution in [-0.4, -0.2) is 21.4 Å². The van der Waals surface area contributed by atoms with Crippen molar-refractivity contribution in [3.05, 3.63) is 60.2 Å². The summed E-state index contributed by atoms with van der Waals surface area (Å²) in [7, 11) is -2.15. The summed E-state index contributed by atoms with van der Waals surface area (Å²) in [6, 6.07) is 14.2. The Labute approximate surface area is 117 Å². The van der Waals surface area contributed by atoms with E-state index in [0.29, 0.717) is 11.3 Å². The van der Waals surface area contributed by atoms with Crippen LogP contribution in [0.3, 0.4) is 0 Å². The quantitative estimate of drug-likeness (QED) is 0.929. The molecule has 0 spiro atoms. The topological polar surface area (TPSA) is 80.5 Å². The second kappa shape index (κ2) is 5.34. The molecule has 2 rings (SSSR count). The Morgan fingerprint density at radius 2 is 1.55 bits per heavy atom. The van der Waals surface area contributed by atoms with E-state index in [1.165, 1.54) is 31.3 Å². The molecule has 0 heterocycles. The minimum Gasteiger partial charge on any atom is -0.366 e. The summed E-state index contributed by atoms with van der Waals surface area (Å²) in [4.78, 5) is 11.2. The van der Waals surface area contributed by atoms with Crippen molar-refractivity contribution in [2.75, 3.05) is 11.4 Å². The second-order valence-corrected chi connectivity index (χ2v) is 6.17. The predicted octanol–water partition coefficient (Wildman–Crippen LogP) is 1.61. The first-order valence-electron chi connectivity index (χ1n) is 5.87. The second-order valence-electron chi connectivity index (χ2n) is 4.20. The maximum Gasteiger partial charge on any atom is 0.264 e. The number of benzene rings is 2. The average molecular weight is 290 g/mol. The van der Waals surface area contributed by atoms with Gasteiger partial charge in [0.2, 0.25) is 5.91 Å². The summed E-state index contributed by atoms with van der Waals surface area (Å²) in [5.74, 6) is -0.551. The van der Waals surface area contributed by atoms with E-state index in [4.69, 9.17) is 5.73 Å². The summed E-state index contributed by atoms with van der Waals surface area (Å²) < 4.78 is 25.9. The van der Waals surface area contributed by atoms with Gasteiger partial charge in [0.1, 0.15) is 0 Å². The Morgan fingerprint density at radius 3 is 2.05 bits per heavy atom. The van der Waals surface area contributed by atoms with Crippen LogP contribution >= 0.6 is 0 Å². The molecule has 2 aromatic carbocycles. The number of sulfonamides is 1. The third-order valence-electron chi connectivity index (χ3n) is 2.92. The number of primary amides is 1. The van der Waals surface area contributed by atoms with Gasteiger partial charge in [0.15, 0.2) is 0 Å². The number of hydrogen-bond donors (Lipinski definition) is 1. The Bertz CT molecular complexity index is 710. The van der Waals surface area contributed by atoms with E-state index in [1.807, 2.05) is 0 Å². The van der Waals surface area contributed by atoms with Gasteiger partial charge in [-0.05, 0) is 36.4 Å². The first kappa shape index (κ1) is 14.1. The lowest BCUT2D eigenvalue weighted by molar-refractivity contribution is 0.100. The van der Waals surface area contributed by atoms with Crippen LogP contribution in [0.5, 0.6) is 0 Å². The van der Waals surface area contributed by atoms with Gasteiger partial charge >= 0.3 is 0 Å². The normalized spacial score (nSPS) is 11.1. The average Bonchev–Trinajstić information content (AvgIpc) is 2.47. The molecule has 0 unspecified atom stereocenters. The highest BCUT2D eigenvalue weighted by Gasteiger charge is 2.20. The van der Waals surface area contributed by atoms with Crippen molar-refractivity contribution in [1.82, 2.24) is 0 Å². The Morgan fingerprint density at radius 1 is 1.00 bits per heavy atom. The van der Waals surface area contributed by atoms with Crippen molar-refractivity contribution in [3.8, 4) is 0 Å². The fourth-order valence-electron chi connectivity index (χ4n) is 1.72. The lowest BCUT2D eigenvalue weighted by Gasteiger charge is -2.19. The van der Waals surface area contributed by atoms with Crippen molar-refractivity contribution in [3.63, 3.8) is 0 Å². The SMILES string of the molecule is CN(c1ccc(C(N)=O)cc1)S(=O)(=O)c1ccccc1. The third-order valence-corrected chi connectivity index (χ3v) is 4.72. The van der Waals surface area contributed by atoms with E-state index < -0.39 is 15.9 Å². The molecule has 0 saturated carbocycles. The van der Waals surface area contributed by atoms with E-state index in [2.05, 4.69) is 0 Å². The van der Waals surface area contributed by atoms with Gasteiger partial charge in [-0.15, -0.1) is 0 Å². The van der Waals surface area contributed by atoms with Crippen LogP contribution in [-0.2, 0) is 10.0 Å². The van der Waals surface area contributed by atoms with E-state index in [-0.39, 0.29) is 4.90 Å². The summed E-state index contributed by atoms with van der Waals surface area (Å²) >= 11 is 0. The van der Waals surface area contributed by atoms with Crippen molar-refractivity contribution >= 4 is 21.6 Å². The molecule has 0 atom stereocenters. The van der Waals surface area contributed by atoms with Crippen molar-refractivity contribution in [2.24, 2.45) is 5.73 Å². The van der Waals surface area contributed by atoms with Crippen LogP contribution in [0.1, 0.15) is 10.4 Å². The first-order valence-corrected chi connectivity index (χ1v) is 7.31. The highest BCUT2D eigenvalue weighted by molar-refractivity contribution is 7.92. The molecule has 0 aliphatic rings. The molecule has 0 aliphatic heterocycles. The molecule has 5 nitrogen and oxygen atoms in total. The number of carbonyl (C=O) groups is 1. The number of hydrogen-bond acceptors (Lipinski definition) is 3. The van der Waals surface area contributed by atoms with Gasteiger partial charge in [-0.3, -0.25) is 9.10 Å². The molecule has 1 amide bonds. The van der Waals surface area contributed by atoms with Crippen molar-refractivity contribution in [1.29, 1.82) is 0 Å². The maximum atomic E-state index is 12.4. The van der Waals surface area contributed by atoms with Crippen LogP contribution in [0.4, 0.5) is 5.69 Å². The first-order chi connectivity index (χ1) is 9.43. The minimum atomic E-state index is -3.61. The zero-order chi connectivity index (χ0) is 14.8. The lowest BCUT2D eigenvalue weighted by atomic mass is 10.2. The summed E-state index contributed by atoms with van der Waals surface area (Å²) in [5, 5.41) is 0. The summed E-state index contributed by atoms with van der Waals surface area (Å²) in [6.45, 7) is 0. The molecular formula is C14H14N2O3S. The van der Waals surface area contributed by atoms with Gasteiger partial charge in [0, 0.05) is 12.6 Å². The molecule has 6 heteroatoms. The summed E-state index contributed by atoms with van der Waals surface area (Å²) in [5.41, 5.74) is 5.94. The van der Waals surface area contributed by atoms with Crippen LogP contribution in [0.2, 0.25) is 0 Å². The van der Waals surface area contributed by atoms with E-state index in [0.717, 1.165) is 4.31 Å². The molecular weight excluding hydrogens is 276 g/mol. The number of anilines is 1. The monoisotopic (exact) mass is 290 g/mol.